The van der Waals surface area contributed by atoms with Gasteiger partial charge in [-0.1, -0.05) is 46.6 Å². The van der Waals surface area contributed by atoms with E-state index in [-0.39, 0.29) is 49.3 Å². The van der Waals surface area contributed by atoms with Gasteiger partial charge >= 0.3 is 23.9 Å². The van der Waals surface area contributed by atoms with Crippen LogP contribution in [0.5, 0.6) is 11.5 Å². The van der Waals surface area contributed by atoms with Crippen molar-refractivity contribution in [2.75, 3.05) is 6.61 Å². The largest absolute Gasteiger partial charge is 0.462 e. The van der Waals surface area contributed by atoms with Gasteiger partial charge in [0.1, 0.15) is 18.8 Å². The fourth-order valence-electron chi connectivity index (χ4n) is 3.00. The van der Waals surface area contributed by atoms with Crippen molar-refractivity contribution in [2.45, 2.75) is 98.1 Å². The zero-order valence-electron chi connectivity index (χ0n) is 22.2. The van der Waals surface area contributed by atoms with Crippen molar-refractivity contribution in [2.24, 2.45) is 11.7 Å². The lowest BCUT2D eigenvalue weighted by Crippen LogP contribution is -2.37. The molecule has 202 valence electrons. The minimum absolute atomic E-state index is 0.0579. The number of nitrogens with two attached hydrogens (primary N) is 1. The lowest BCUT2D eigenvalue weighted by atomic mass is 10.1. The Morgan fingerprint density at radius 1 is 0.861 bits per heavy atom. The molecule has 1 aromatic rings. The second-order valence-electron chi connectivity index (χ2n) is 8.93. The van der Waals surface area contributed by atoms with Gasteiger partial charge in [-0.3, -0.25) is 19.2 Å². The van der Waals surface area contributed by atoms with Gasteiger partial charge in [-0.15, -0.1) is 0 Å². The molecule has 1 aromatic carbocycles. The average molecular weight is 508 g/mol. The van der Waals surface area contributed by atoms with Gasteiger partial charge in [-0.2, -0.15) is 0 Å². The number of hydrogen-bond donors (Lipinski definition) is 1. The summed E-state index contributed by atoms with van der Waals surface area (Å²) in [5.74, 6) is -1.85. The van der Waals surface area contributed by atoms with Crippen molar-refractivity contribution in [1.29, 1.82) is 0 Å². The summed E-state index contributed by atoms with van der Waals surface area (Å²) in [5, 5.41) is 0. The first-order chi connectivity index (χ1) is 17.1. The van der Waals surface area contributed by atoms with Crippen molar-refractivity contribution < 1.29 is 38.1 Å². The SMILES string of the molecule is CCCCC(=O)Oc1ccc(C[C@H](N)C(=O)O[C@@H](C)COC(=O)C(C)CC)cc1OC(=O)CCCC. The highest BCUT2D eigenvalue weighted by Gasteiger charge is 2.22. The number of rotatable bonds is 16. The zero-order chi connectivity index (χ0) is 27.1. The zero-order valence-corrected chi connectivity index (χ0v) is 22.2. The van der Waals surface area contributed by atoms with Crippen LogP contribution >= 0.6 is 0 Å². The van der Waals surface area contributed by atoms with Crippen molar-refractivity contribution in [3.63, 3.8) is 0 Å². The highest BCUT2D eigenvalue weighted by molar-refractivity contribution is 5.77. The van der Waals surface area contributed by atoms with E-state index in [0.29, 0.717) is 24.8 Å². The molecule has 0 aliphatic heterocycles. The molecule has 0 saturated heterocycles. The van der Waals surface area contributed by atoms with Gasteiger partial charge in [0.15, 0.2) is 11.5 Å². The molecule has 0 aliphatic rings. The molecule has 3 atom stereocenters. The molecule has 0 bridgehead atoms. The summed E-state index contributed by atoms with van der Waals surface area (Å²) in [7, 11) is 0. The predicted molar refractivity (Wildman–Crippen MR) is 134 cm³/mol. The fraction of sp³-hybridized carbons (Fsp3) is 0.630. The average Bonchev–Trinajstić information content (AvgIpc) is 2.85. The van der Waals surface area contributed by atoms with E-state index in [4.69, 9.17) is 24.7 Å². The number of carbonyl (C=O) groups is 4. The Morgan fingerprint density at radius 2 is 1.44 bits per heavy atom. The molecule has 0 heterocycles. The predicted octanol–water partition coefficient (Wildman–Crippen LogP) is 4.27. The van der Waals surface area contributed by atoms with Crippen molar-refractivity contribution in [3.8, 4) is 11.5 Å². The Hall–Kier alpha value is -2.94. The molecule has 0 saturated carbocycles. The number of esters is 4. The lowest BCUT2D eigenvalue weighted by Gasteiger charge is -2.18. The third-order valence-corrected chi connectivity index (χ3v) is 5.48. The molecule has 1 rings (SSSR count). The van der Waals surface area contributed by atoms with Crippen molar-refractivity contribution >= 4 is 23.9 Å². The molecule has 0 amide bonds. The second kappa shape index (κ2) is 16.7. The highest BCUT2D eigenvalue weighted by Crippen LogP contribution is 2.30. The van der Waals surface area contributed by atoms with Crippen LogP contribution in [0.25, 0.3) is 0 Å². The van der Waals surface area contributed by atoms with Gasteiger partial charge in [0.25, 0.3) is 0 Å². The summed E-state index contributed by atoms with van der Waals surface area (Å²) in [4.78, 5) is 48.6. The van der Waals surface area contributed by atoms with Crippen molar-refractivity contribution in [1.82, 2.24) is 0 Å². The molecule has 1 unspecified atom stereocenters. The van der Waals surface area contributed by atoms with Crippen LogP contribution in [-0.4, -0.2) is 42.6 Å². The van der Waals surface area contributed by atoms with E-state index >= 15 is 0 Å². The number of hydrogen-bond acceptors (Lipinski definition) is 9. The van der Waals surface area contributed by atoms with Gasteiger partial charge in [-0.25, -0.2) is 0 Å². The van der Waals surface area contributed by atoms with E-state index in [2.05, 4.69) is 0 Å². The van der Waals surface area contributed by atoms with Crippen LogP contribution in [0.3, 0.4) is 0 Å². The van der Waals surface area contributed by atoms with Crippen LogP contribution in [0.4, 0.5) is 0 Å². The van der Waals surface area contributed by atoms with E-state index < -0.39 is 30.1 Å². The Morgan fingerprint density at radius 3 is 2.00 bits per heavy atom. The van der Waals surface area contributed by atoms with Gasteiger partial charge in [0.2, 0.25) is 0 Å². The number of benzene rings is 1. The number of ether oxygens (including phenoxy) is 4. The number of unbranched alkanes of at least 4 members (excludes halogenated alkanes) is 2. The molecule has 0 fully saturated rings. The second-order valence-corrected chi connectivity index (χ2v) is 8.93. The first kappa shape index (κ1) is 31.1. The normalized spacial score (nSPS) is 13.3. The Labute approximate surface area is 214 Å². The Kier molecular flexibility index (Phi) is 14.4. The van der Waals surface area contributed by atoms with Crippen LogP contribution in [-0.2, 0) is 35.1 Å². The van der Waals surface area contributed by atoms with Crippen LogP contribution < -0.4 is 15.2 Å². The van der Waals surface area contributed by atoms with E-state index in [0.717, 1.165) is 12.8 Å². The summed E-state index contributed by atoms with van der Waals surface area (Å²) < 4.78 is 21.3. The standard InChI is InChI=1S/C27H41NO8/c1-6-9-11-24(29)35-22-14-13-20(16-23(22)36-25(30)12-10-7-2)15-21(28)27(32)34-19(5)17-33-26(31)18(4)8-3/h13-14,16,18-19,21H,6-12,15,17,28H2,1-5H3/t18?,19-,21-/m0/s1. The minimum atomic E-state index is -1.00. The Balaban J connectivity index is 2.84. The molecular weight excluding hydrogens is 466 g/mol. The monoisotopic (exact) mass is 507 g/mol. The molecule has 0 aromatic heterocycles. The summed E-state index contributed by atoms with van der Waals surface area (Å²) in [6, 6.07) is 3.71. The van der Waals surface area contributed by atoms with E-state index in [1.165, 1.54) is 12.1 Å². The molecule has 9 heteroatoms. The maximum Gasteiger partial charge on any atom is 0.323 e. The minimum Gasteiger partial charge on any atom is -0.462 e. The highest BCUT2D eigenvalue weighted by atomic mass is 16.6. The first-order valence-corrected chi connectivity index (χ1v) is 12.8. The van der Waals surface area contributed by atoms with Crippen LogP contribution in [0.1, 0.15) is 85.1 Å². The molecule has 0 spiro atoms. The van der Waals surface area contributed by atoms with Crippen LogP contribution in [0.15, 0.2) is 18.2 Å². The summed E-state index contributed by atoms with van der Waals surface area (Å²) in [5.41, 5.74) is 6.64. The Bertz CT molecular complexity index is 869. The van der Waals surface area contributed by atoms with Gasteiger partial charge < -0.3 is 24.7 Å². The maximum absolute atomic E-state index is 12.4. The van der Waals surface area contributed by atoms with Gasteiger partial charge in [0, 0.05) is 12.8 Å². The van der Waals surface area contributed by atoms with E-state index in [1.807, 2.05) is 20.8 Å². The molecule has 9 nitrogen and oxygen atoms in total. The molecule has 0 radical (unpaired) electrons. The molecular formula is C27H41NO8. The maximum atomic E-state index is 12.4. The third kappa shape index (κ3) is 11.7. The van der Waals surface area contributed by atoms with E-state index in [1.54, 1.807) is 19.9 Å². The molecule has 2 N–H and O–H groups in total. The fourth-order valence-corrected chi connectivity index (χ4v) is 3.00. The summed E-state index contributed by atoms with van der Waals surface area (Å²) >= 11 is 0. The van der Waals surface area contributed by atoms with Gasteiger partial charge in [-0.05, 0) is 50.3 Å². The topological polar surface area (TPSA) is 131 Å². The molecule has 0 aliphatic carbocycles. The molecule has 36 heavy (non-hydrogen) atoms. The summed E-state index contributed by atoms with van der Waals surface area (Å²) in [6.45, 7) is 9.14. The number of carbonyl (C=O) groups excluding carboxylic acids is 4. The van der Waals surface area contributed by atoms with Crippen LogP contribution in [0.2, 0.25) is 0 Å². The van der Waals surface area contributed by atoms with Crippen molar-refractivity contribution in [3.05, 3.63) is 23.8 Å². The van der Waals surface area contributed by atoms with Gasteiger partial charge in [0.05, 0.1) is 5.92 Å². The third-order valence-electron chi connectivity index (χ3n) is 5.48. The van der Waals surface area contributed by atoms with E-state index in [9.17, 15) is 19.2 Å². The summed E-state index contributed by atoms with van der Waals surface area (Å²) in [6.07, 6.45) is 3.63. The first-order valence-electron chi connectivity index (χ1n) is 12.8. The smallest absolute Gasteiger partial charge is 0.323 e. The van der Waals surface area contributed by atoms with Crippen LogP contribution in [0, 0.1) is 5.92 Å². The quantitative estimate of drug-likeness (QED) is 0.257. The lowest BCUT2D eigenvalue weighted by molar-refractivity contribution is -0.160.